The Bertz CT molecular complexity index is 915. The Balaban J connectivity index is 1.39. The van der Waals surface area contributed by atoms with Gasteiger partial charge in [-0.3, -0.25) is 9.69 Å². The molecule has 0 unspecified atom stereocenters. The molecule has 0 aliphatic carbocycles. The SMILES string of the molecule is CCN(Cc1nc(-c2cccs2)no1)C(=O)c1ccc(CN2CCCCC2)cc1. The number of amides is 1. The molecule has 0 bridgehead atoms. The van der Waals surface area contributed by atoms with Crippen LogP contribution in [0.1, 0.15) is 48.0 Å². The highest BCUT2D eigenvalue weighted by atomic mass is 32.1. The number of carbonyl (C=O) groups excluding carboxylic acids is 1. The van der Waals surface area contributed by atoms with Gasteiger partial charge in [0.15, 0.2) is 0 Å². The average Bonchev–Trinajstić information content (AvgIpc) is 3.45. The van der Waals surface area contributed by atoms with Gasteiger partial charge in [-0.1, -0.05) is 29.8 Å². The van der Waals surface area contributed by atoms with Gasteiger partial charge in [-0.25, -0.2) is 0 Å². The number of benzene rings is 1. The molecule has 7 heteroatoms. The lowest BCUT2D eigenvalue weighted by Gasteiger charge is -2.26. The Morgan fingerprint density at radius 2 is 1.97 bits per heavy atom. The van der Waals surface area contributed by atoms with Gasteiger partial charge < -0.3 is 9.42 Å². The van der Waals surface area contributed by atoms with Crippen molar-refractivity contribution >= 4 is 17.2 Å². The topological polar surface area (TPSA) is 62.5 Å². The molecule has 29 heavy (non-hydrogen) atoms. The maximum atomic E-state index is 12.9. The maximum Gasteiger partial charge on any atom is 0.254 e. The summed E-state index contributed by atoms with van der Waals surface area (Å²) in [6.45, 7) is 6.14. The summed E-state index contributed by atoms with van der Waals surface area (Å²) in [5.74, 6) is 0.999. The summed E-state index contributed by atoms with van der Waals surface area (Å²) in [5.41, 5.74) is 1.94. The number of rotatable bonds is 7. The molecule has 1 amide bonds. The summed E-state index contributed by atoms with van der Waals surface area (Å²) < 4.78 is 5.36. The second-order valence-corrected chi connectivity index (χ2v) is 8.29. The van der Waals surface area contributed by atoms with Crippen molar-refractivity contribution in [1.29, 1.82) is 0 Å². The standard InChI is InChI=1S/C22H26N4O2S/c1-2-26(16-20-23-21(24-28-20)19-7-6-14-29-19)22(27)18-10-8-17(9-11-18)15-25-12-4-3-5-13-25/h6-11,14H,2-5,12-13,15-16H2,1H3. The van der Waals surface area contributed by atoms with Gasteiger partial charge >= 0.3 is 0 Å². The number of hydrogen-bond donors (Lipinski definition) is 0. The van der Waals surface area contributed by atoms with E-state index in [-0.39, 0.29) is 5.91 Å². The van der Waals surface area contributed by atoms with Crippen LogP contribution < -0.4 is 0 Å². The van der Waals surface area contributed by atoms with Gasteiger partial charge in [-0.05, 0) is 62.0 Å². The van der Waals surface area contributed by atoms with Crippen molar-refractivity contribution in [3.05, 3.63) is 58.8 Å². The van der Waals surface area contributed by atoms with Gasteiger partial charge in [-0.15, -0.1) is 11.3 Å². The largest absolute Gasteiger partial charge is 0.337 e. The molecule has 0 spiro atoms. The highest BCUT2D eigenvalue weighted by molar-refractivity contribution is 7.13. The molecule has 1 aliphatic heterocycles. The van der Waals surface area contributed by atoms with Gasteiger partial charge in [0.05, 0.1) is 4.88 Å². The van der Waals surface area contributed by atoms with Crippen molar-refractivity contribution in [2.45, 2.75) is 39.3 Å². The first kappa shape index (κ1) is 19.8. The first-order chi connectivity index (χ1) is 14.2. The molecule has 3 heterocycles. The fourth-order valence-electron chi connectivity index (χ4n) is 3.63. The van der Waals surface area contributed by atoms with Crippen LogP contribution in [0.5, 0.6) is 0 Å². The molecular weight excluding hydrogens is 384 g/mol. The second-order valence-electron chi connectivity index (χ2n) is 7.34. The van der Waals surface area contributed by atoms with Crippen molar-refractivity contribution < 1.29 is 9.32 Å². The third-order valence-electron chi connectivity index (χ3n) is 5.26. The van der Waals surface area contributed by atoms with Crippen LogP contribution in [0.2, 0.25) is 0 Å². The normalized spacial score (nSPS) is 14.8. The molecule has 3 aromatic rings. The summed E-state index contributed by atoms with van der Waals surface area (Å²) >= 11 is 1.56. The Labute approximate surface area is 175 Å². The van der Waals surface area contributed by atoms with Crippen molar-refractivity contribution in [3.8, 4) is 10.7 Å². The molecule has 152 valence electrons. The third kappa shape index (κ3) is 4.92. The molecule has 0 radical (unpaired) electrons. The van der Waals surface area contributed by atoms with E-state index in [1.54, 1.807) is 16.2 Å². The average molecular weight is 411 g/mol. The summed E-state index contributed by atoms with van der Waals surface area (Å²) in [5, 5.41) is 6.00. The molecule has 0 N–H and O–H groups in total. The van der Waals surface area contributed by atoms with E-state index >= 15 is 0 Å². The molecular formula is C22H26N4O2S. The summed E-state index contributed by atoms with van der Waals surface area (Å²) in [4.78, 5) is 22.5. The summed E-state index contributed by atoms with van der Waals surface area (Å²) in [6, 6.07) is 11.9. The third-order valence-corrected chi connectivity index (χ3v) is 6.13. The number of likely N-dealkylation sites (tertiary alicyclic amines) is 1. The molecule has 4 rings (SSSR count). The van der Waals surface area contributed by atoms with E-state index in [9.17, 15) is 4.79 Å². The molecule has 6 nitrogen and oxygen atoms in total. The quantitative estimate of drug-likeness (QED) is 0.576. The highest BCUT2D eigenvalue weighted by Gasteiger charge is 2.19. The first-order valence-corrected chi connectivity index (χ1v) is 11.1. The van der Waals surface area contributed by atoms with Crippen LogP contribution in [-0.2, 0) is 13.1 Å². The molecule has 1 aromatic carbocycles. The van der Waals surface area contributed by atoms with E-state index in [2.05, 4.69) is 27.2 Å². The van der Waals surface area contributed by atoms with Crippen molar-refractivity contribution in [2.75, 3.05) is 19.6 Å². The van der Waals surface area contributed by atoms with Crippen molar-refractivity contribution in [2.24, 2.45) is 0 Å². The van der Waals surface area contributed by atoms with Crippen LogP contribution in [0.25, 0.3) is 10.7 Å². The number of carbonyl (C=O) groups is 1. The lowest BCUT2D eigenvalue weighted by molar-refractivity contribution is 0.0734. The van der Waals surface area contributed by atoms with Gasteiger partial charge in [0.1, 0.15) is 6.54 Å². The highest BCUT2D eigenvalue weighted by Crippen LogP contribution is 2.22. The van der Waals surface area contributed by atoms with Crippen LogP contribution in [0.15, 0.2) is 46.3 Å². The fourth-order valence-corrected chi connectivity index (χ4v) is 4.28. The van der Waals surface area contributed by atoms with Gasteiger partial charge in [-0.2, -0.15) is 4.98 Å². The molecule has 1 fully saturated rings. The van der Waals surface area contributed by atoms with Crippen LogP contribution in [-0.4, -0.2) is 45.5 Å². The first-order valence-electron chi connectivity index (χ1n) is 10.2. The molecule has 1 saturated heterocycles. The van der Waals surface area contributed by atoms with E-state index in [1.807, 2.05) is 36.6 Å². The van der Waals surface area contributed by atoms with Crippen molar-refractivity contribution in [3.63, 3.8) is 0 Å². The predicted molar refractivity (Wildman–Crippen MR) is 114 cm³/mol. The monoisotopic (exact) mass is 410 g/mol. The smallest absolute Gasteiger partial charge is 0.254 e. The predicted octanol–water partition coefficient (Wildman–Crippen LogP) is 4.45. The van der Waals surface area contributed by atoms with Gasteiger partial charge in [0, 0.05) is 18.7 Å². The summed E-state index contributed by atoms with van der Waals surface area (Å²) in [6.07, 6.45) is 3.91. The van der Waals surface area contributed by atoms with Crippen LogP contribution in [0.3, 0.4) is 0 Å². The lowest BCUT2D eigenvalue weighted by atomic mass is 10.1. The minimum absolute atomic E-state index is 0.0205. The Kier molecular flexibility index (Phi) is 6.36. The maximum absolute atomic E-state index is 12.9. The van der Waals surface area contributed by atoms with Gasteiger partial charge in [0.2, 0.25) is 11.7 Å². The van der Waals surface area contributed by atoms with E-state index < -0.39 is 0 Å². The minimum atomic E-state index is -0.0205. The number of hydrogen-bond acceptors (Lipinski definition) is 6. The molecule has 2 aromatic heterocycles. The van der Waals surface area contributed by atoms with Crippen LogP contribution in [0.4, 0.5) is 0 Å². The Morgan fingerprint density at radius 3 is 2.66 bits per heavy atom. The molecule has 1 aliphatic rings. The van der Waals surface area contributed by atoms with E-state index in [1.165, 1.54) is 37.9 Å². The summed E-state index contributed by atoms with van der Waals surface area (Å²) in [7, 11) is 0. The minimum Gasteiger partial charge on any atom is -0.337 e. The van der Waals surface area contributed by atoms with Crippen LogP contribution in [0, 0.1) is 0 Å². The number of piperidine rings is 1. The van der Waals surface area contributed by atoms with E-state index in [0.29, 0.717) is 30.4 Å². The van der Waals surface area contributed by atoms with Gasteiger partial charge in [0.25, 0.3) is 5.91 Å². The number of aromatic nitrogens is 2. The Morgan fingerprint density at radius 1 is 1.17 bits per heavy atom. The van der Waals surface area contributed by atoms with Crippen molar-refractivity contribution in [1.82, 2.24) is 19.9 Å². The number of nitrogens with zero attached hydrogens (tertiary/aromatic N) is 4. The number of thiophene rings is 1. The fraction of sp³-hybridized carbons (Fsp3) is 0.409. The van der Waals surface area contributed by atoms with E-state index in [0.717, 1.165) is 11.4 Å². The lowest BCUT2D eigenvalue weighted by Crippen LogP contribution is -2.30. The molecule has 0 atom stereocenters. The zero-order valence-corrected chi connectivity index (χ0v) is 17.5. The second kappa shape index (κ2) is 9.33. The van der Waals surface area contributed by atoms with E-state index in [4.69, 9.17) is 4.52 Å². The zero-order valence-electron chi connectivity index (χ0n) is 16.7. The zero-order chi connectivity index (χ0) is 20.1. The Hall–Kier alpha value is -2.51. The van der Waals surface area contributed by atoms with Crippen LogP contribution >= 0.6 is 11.3 Å². The molecule has 0 saturated carbocycles.